The first-order valence-electron chi connectivity index (χ1n) is 5.26. The van der Waals surface area contributed by atoms with Gasteiger partial charge in [-0.2, -0.15) is 0 Å². The maximum absolute atomic E-state index is 11.5. The Labute approximate surface area is 106 Å². The molecule has 18 heavy (non-hydrogen) atoms. The van der Waals surface area contributed by atoms with Crippen molar-refractivity contribution in [2.75, 3.05) is 0 Å². The minimum absolute atomic E-state index is 0.235. The molecule has 0 aliphatic carbocycles. The van der Waals surface area contributed by atoms with E-state index in [1.165, 1.54) is 18.2 Å². The van der Waals surface area contributed by atoms with Crippen molar-refractivity contribution in [3.8, 4) is 0 Å². The van der Waals surface area contributed by atoms with Gasteiger partial charge in [-0.25, -0.2) is 9.97 Å². The van der Waals surface area contributed by atoms with Gasteiger partial charge in [-0.15, -0.1) is 0 Å². The van der Waals surface area contributed by atoms with Gasteiger partial charge in [0.05, 0.1) is 6.33 Å². The van der Waals surface area contributed by atoms with Crippen LogP contribution in [0.3, 0.4) is 0 Å². The number of fused-ring (bicyclic) bond motifs is 1. The number of H-pyrrole nitrogens is 1. The first kappa shape index (κ1) is 11.2. The van der Waals surface area contributed by atoms with Gasteiger partial charge in [-0.1, -0.05) is 11.6 Å². The molecule has 0 saturated carbocycles. The van der Waals surface area contributed by atoms with Crippen LogP contribution in [0.4, 0.5) is 0 Å². The Morgan fingerprint density at radius 2 is 2.44 bits per heavy atom. The predicted octanol–water partition coefficient (Wildman–Crippen LogP) is 0.480. The highest BCUT2D eigenvalue weighted by atomic mass is 35.5. The standard InChI is InChI=1S/C10H9ClN4O3/c11-2-6-5(16)1-7(18-6)15-4-14-8-9(15)12-3-13-10(8)17/h2-5,7,16H,1H2,(H,12,13,17)/b6-2+/t5?,7-/m1/s1. The lowest BCUT2D eigenvalue weighted by atomic mass is 10.2. The summed E-state index contributed by atoms with van der Waals surface area (Å²) in [6.45, 7) is 0. The number of nitrogens with zero attached hydrogens (tertiary/aromatic N) is 3. The molecule has 0 amide bonds. The summed E-state index contributed by atoms with van der Waals surface area (Å²) in [6.07, 6.45) is 1.86. The number of aliphatic hydroxyl groups excluding tert-OH is 1. The Hall–Kier alpha value is -1.86. The van der Waals surface area contributed by atoms with E-state index in [2.05, 4.69) is 15.0 Å². The van der Waals surface area contributed by atoms with Crippen LogP contribution in [-0.2, 0) is 4.74 Å². The van der Waals surface area contributed by atoms with E-state index < -0.39 is 12.3 Å². The van der Waals surface area contributed by atoms with Crippen molar-refractivity contribution in [3.05, 3.63) is 34.3 Å². The molecule has 3 rings (SSSR count). The molecule has 0 aromatic carbocycles. The fourth-order valence-corrected chi connectivity index (χ4v) is 2.13. The van der Waals surface area contributed by atoms with E-state index in [0.717, 1.165) is 0 Å². The first-order valence-corrected chi connectivity index (χ1v) is 5.69. The monoisotopic (exact) mass is 268 g/mol. The summed E-state index contributed by atoms with van der Waals surface area (Å²) in [5, 5.41) is 9.69. The minimum Gasteiger partial charge on any atom is -0.471 e. The predicted molar refractivity (Wildman–Crippen MR) is 62.8 cm³/mol. The molecule has 8 heteroatoms. The zero-order valence-electron chi connectivity index (χ0n) is 9.08. The van der Waals surface area contributed by atoms with Gasteiger partial charge in [-0.05, 0) is 0 Å². The second kappa shape index (κ2) is 4.11. The number of aromatic nitrogens is 4. The number of ether oxygens (including phenoxy) is 1. The molecular weight excluding hydrogens is 260 g/mol. The molecule has 1 unspecified atom stereocenters. The molecule has 94 valence electrons. The molecule has 0 bridgehead atoms. The van der Waals surface area contributed by atoms with Crippen LogP contribution in [0.1, 0.15) is 12.6 Å². The summed E-state index contributed by atoms with van der Waals surface area (Å²) in [5.41, 5.74) is 1.53. The SMILES string of the molecule is O=c1[nH]cnc2c1ncn2[C@H]1CC(O)/C(=C\Cl)O1. The molecule has 2 N–H and O–H groups in total. The number of halogens is 1. The number of aromatic amines is 1. The number of rotatable bonds is 1. The minimum atomic E-state index is -0.757. The third-order valence-corrected chi connectivity index (χ3v) is 3.02. The zero-order chi connectivity index (χ0) is 12.7. The third-order valence-electron chi connectivity index (χ3n) is 2.81. The second-order valence-electron chi connectivity index (χ2n) is 3.89. The lowest BCUT2D eigenvalue weighted by molar-refractivity contribution is 0.101. The Bertz CT molecular complexity index is 677. The van der Waals surface area contributed by atoms with Crippen molar-refractivity contribution in [2.24, 2.45) is 0 Å². The Kier molecular flexibility index (Phi) is 2.57. The average Bonchev–Trinajstić information content (AvgIpc) is 2.93. The highest BCUT2D eigenvalue weighted by Crippen LogP contribution is 2.32. The van der Waals surface area contributed by atoms with Crippen LogP contribution in [0.15, 0.2) is 28.7 Å². The van der Waals surface area contributed by atoms with Crippen LogP contribution >= 0.6 is 11.6 Å². The number of hydrogen-bond donors (Lipinski definition) is 2. The summed E-state index contributed by atoms with van der Waals surface area (Å²) < 4.78 is 7.06. The molecule has 1 aliphatic rings. The Morgan fingerprint density at radius 3 is 3.17 bits per heavy atom. The van der Waals surface area contributed by atoms with Gasteiger partial charge >= 0.3 is 0 Å². The summed E-state index contributed by atoms with van der Waals surface area (Å²) in [4.78, 5) is 22.0. The lowest BCUT2D eigenvalue weighted by Crippen LogP contribution is -2.10. The van der Waals surface area contributed by atoms with Gasteiger partial charge in [-0.3, -0.25) is 9.36 Å². The van der Waals surface area contributed by atoms with Crippen molar-refractivity contribution in [1.82, 2.24) is 19.5 Å². The second-order valence-corrected chi connectivity index (χ2v) is 4.11. The van der Waals surface area contributed by atoms with E-state index in [-0.39, 0.29) is 11.1 Å². The molecule has 2 aromatic rings. The Balaban J connectivity index is 2.07. The zero-order valence-corrected chi connectivity index (χ0v) is 9.83. The van der Waals surface area contributed by atoms with Crippen LogP contribution in [0.2, 0.25) is 0 Å². The molecule has 1 aliphatic heterocycles. The lowest BCUT2D eigenvalue weighted by Gasteiger charge is -2.11. The molecule has 1 fully saturated rings. The molecule has 7 nitrogen and oxygen atoms in total. The van der Waals surface area contributed by atoms with Gasteiger partial charge in [0.25, 0.3) is 5.56 Å². The van der Waals surface area contributed by atoms with E-state index in [0.29, 0.717) is 17.8 Å². The largest absolute Gasteiger partial charge is 0.471 e. The topological polar surface area (TPSA) is 93.0 Å². The molecule has 3 heterocycles. The normalized spacial score (nSPS) is 25.8. The molecular formula is C10H9ClN4O3. The van der Waals surface area contributed by atoms with Crippen LogP contribution in [0, 0.1) is 0 Å². The van der Waals surface area contributed by atoms with Crippen molar-refractivity contribution in [2.45, 2.75) is 18.8 Å². The van der Waals surface area contributed by atoms with E-state index in [4.69, 9.17) is 16.3 Å². The van der Waals surface area contributed by atoms with Crippen LogP contribution < -0.4 is 5.56 Å². The van der Waals surface area contributed by atoms with Crippen molar-refractivity contribution >= 4 is 22.8 Å². The summed E-state index contributed by atoms with van der Waals surface area (Å²) in [6, 6.07) is 0. The maximum Gasteiger partial charge on any atom is 0.278 e. The van der Waals surface area contributed by atoms with Crippen molar-refractivity contribution < 1.29 is 9.84 Å². The van der Waals surface area contributed by atoms with Crippen LogP contribution in [-0.4, -0.2) is 30.7 Å². The number of hydrogen-bond acceptors (Lipinski definition) is 5. The fourth-order valence-electron chi connectivity index (χ4n) is 1.93. The van der Waals surface area contributed by atoms with Gasteiger partial charge in [0.2, 0.25) is 0 Å². The summed E-state index contributed by atoms with van der Waals surface area (Å²) in [7, 11) is 0. The number of nitrogens with one attached hydrogen (secondary N) is 1. The summed E-state index contributed by atoms with van der Waals surface area (Å²) in [5.74, 6) is 0.299. The fraction of sp³-hybridized carbons (Fsp3) is 0.300. The highest BCUT2D eigenvalue weighted by Gasteiger charge is 2.31. The van der Waals surface area contributed by atoms with E-state index in [1.54, 1.807) is 4.57 Å². The highest BCUT2D eigenvalue weighted by molar-refractivity contribution is 6.25. The van der Waals surface area contributed by atoms with Crippen LogP contribution in [0.5, 0.6) is 0 Å². The van der Waals surface area contributed by atoms with Crippen LogP contribution in [0.25, 0.3) is 11.2 Å². The average molecular weight is 269 g/mol. The van der Waals surface area contributed by atoms with Crippen molar-refractivity contribution in [3.63, 3.8) is 0 Å². The smallest absolute Gasteiger partial charge is 0.278 e. The van der Waals surface area contributed by atoms with Gasteiger partial charge in [0.15, 0.2) is 17.4 Å². The molecule has 2 atom stereocenters. The molecule has 0 spiro atoms. The van der Waals surface area contributed by atoms with E-state index in [1.807, 2.05) is 0 Å². The maximum atomic E-state index is 11.5. The molecule has 1 saturated heterocycles. The molecule has 2 aromatic heterocycles. The Morgan fingerprint density at radius 1 is 1.61 bits per heavy atom. The number of aliphatic hydroxyl groups is 1. The summed E-state index contributed by atoms with van der Waals surface area (Å²) >= 11 is 5.53. The third kappa shape index (κ3) is 1.59. The first-order chi connectivity index (χ1) is 8.70. The van der Waals surface area contributed by atoms with Crippen molar-refractivity contribution in [1.29, 1.82) is 0 Å². The van der Waals surface area contributed by atoms with Gasteiger partial charge in [0, 0.05) is 12.0 Å². The van der Waals surface area contributed by atoms with Gasteiger partial charge < -0.3 is 14.8 Å². The number of imidazole rings is 1. The van der Waals surface area contributed by atoms with E-state index in [9.17, 15) is 9.90 Å². The molecule has 0 radical (unpaired) electrons. The van der Waals surface area contributed by atoms with E-state index >= 15 is 0 Å². The quantitative estimate of drug-likeness (QED) is 0.785. The van der Waals surface area contributed by atoms with Gasteiger partial charge in [0.1, 0.15) is 18.2 Å².